The zero-order chi connectivity index (χ0) is 11.4. The molecule has 0 aromatic carbocycles. The van der Waals surface area contributed by atoms with Crippen LogP contribution in [0, 0.1) is 11.8 Å². The van der Waals surface area contributed by atoms with E-state index in [0.29, 0.717) is 0 Å². The number of nitrogens with two attached hydrogens (primary N) is 1. The molecule has 1 heterocycles. The maximum atomic E-state index is 11.2. The average molecular weight is 224 g/mol. The second-order valence-corrected chi connectivity index (χ2v) is 5.45. The first-order valence-electron chi connectivity index (χ1n) is 6.80. The van der Waals surface area contributed by atoms with Crippen LogP contribution < -0.4 is 11.1 Å². The van der Waals surface area contributed by atoms with Crippen molar-refractivity contribution < 1.29 is 4.79 Å². The van der Waals surface area contributed by atoms with E-state index < -0.39 is 0 Å². The fraction of sp³-hybridized carbons (Fsp3) is 0.923. The van der Waals surface area contributed by atoms with Crippen molar-refractivity contribution in [3.63, 3.8) is 0 Å². The fourth-order valence-electron chi connectivity index (χ4n) is 3.37. The van der Waals surface area contributed by atoms with E-state index in [9.17, 15) is 4.79 Å². The van der Waals surface area contributed by atoms with Crippen LogP contribution in [0.2, 0.25) is 0 Å². The zero-order valence-corrected chi connectivity index (χ0v) is 10.1. The van der Waals surface area contributed by atoms with Gasteiger partial charge in [0.2, 0.25) is 5.91 Å². The fourth-order valence-corrected chi connectivity index (χ4v) is 3.37. The molecular weight excluding hydrogens is 200 g/mol. The Morgan fingerprint density at radius 3 is 2.31 bits per heavy atom. The summed E-state index contributed by atoms with van der Waals surface area (Å²) in [5.41, 5.74) is 5.39. The molecule has 2 fully saturated rings. The SMILES string of the molecule is NC(=O)C1CC(C2CCCCCC2)CCN1. The highest BCUT2D eigenvalue weighted by Crippen LogP contribution is 2.34. The summed E-state index contributed by atoms with van der Waals surface area (Å²) >= 11 is 0. The normalized spacial score (nSPS) is 33.2. The van der Waals surface area contributed by atoms with E-state index in [2.05, 4.69) is 5.32 Å². The summed E-state index contributed by atoms with van der Waals surface area (Å²) in [5.74, 6) is 1.42. The number of carbonyl (C=O) groups excluding carboxylic acids is 1. The van der Waals surface area contributed by atoms with Crippen LogP contribution >= 0.6 is 0 Å². The predicted octanol–water partition coefficient (Wildman–Crippen LogP) is 1.81. The number of primary amides is 1. The van der Waals surface area contributed by atoms with Crippen LogP contribution in [-0.2, 0) is 4.79 Å². The van der Waals surface area contributed by atoms with Gasteiger partial charge in [-0.1, -0.05) is 38.5 Å². The smallest absolute Gasteiger partial charge is 0.234 e. The molecule has 2 unspecified atom stereocenters. The lowest BCUT2D eigenvalue weighted by Crippen LogP contribution is -2.47. The monoisotopic (exact) mass is 224 g/mol. The first kappa shape index (κ1) is 11.9. The van der Waals surface area contributed by atoms with Gasteiger partial charge < -0.3 is 11.1 Å². The van der Waals surface area contributed by atoms with Gasteiger partial charge in [0.25, 0.3) is 0 Å². The number of carbonyl (C=O) groups is 1. The van der Waals surface area contributed by atoms with Crippen molar-refractivity contribution >= 4 is 5.91 Å². The molecule has 2 rings (SSSR count). The van der Waals surface area contributed by atoms with Crippen molar-refractivity contribution in [2.75, 3.05) is 6.54 Å². The highest BCUT2D eigenvalue weighted by molar-refractivity contribution is 5.79. The number of hydrogen-bond donors (Lipinski definition) is 2. The maximum Gasteiger partial charge on any atom is 0.234 e. The Hall–Kier alpha value is -0.570. The van der Waals surface area contributed by atoms with E-state index in [4.69, 9.17) is 5.73 Å². The molecule has 2 aliphatic rings. The predicted molar refractivity (Wildman–Crippen MR) is 64.9 cm³/mol. The van der Waals surface area contributed by atoms with E-state index in [-0.39, 0.29) is 11.9 Å². The molecule has 3 heteroatoms. The van der Waals surface area contributed by atoms with Gasteiger partial charge in [0, 0.05) is 0 Å². The number of nitrogens with one attached hydrogen (secondary N) is 1. The topological polar surface area (TPSA) is 55.1 Å². The lowest BCUT2D eigenvalue weighted by molar-refractivity contribution is -0.121. The van der Waals surface area contributed by atoms with Gasteiger partial charge in [-0.05, 0) is 31.2 Å². The number of amides is 1. The molecule has 92 valence electrons. The lowest BCUT2D eigenvalue weighted by Gasteiger charge is -2.33. The Morgan fingerprint density at radius 2 is 1.69 bits per heavy atom. The molecule has 1 saturated carbocycles. The molecule has 3 N–H and O–H groups in total. The summed E-state index contributed by atoms with van der Waals surface area (Å²) in [4.78, 5) is 11.2. The van der Waals surface area contributed by atoms with Crippen LogP contribution in [0.4, 0.5) is 0 Å². The van der Waals surface area contributed by atoms with Crippen LogP contribution in [0.1, 0.15) is 51.4 Å². The second-order valence-electron chi connectivity index (χ2n) is 5.45. The van der Waals surface area contributed by atoms with E-state index in [1.807, 2.05) is 0 Å². The van der Waals surface area contributed by atoms with Crippen molar-refractivity contribution in [2.24, 2.45) is 17.6 Å². The summed E-state index contributed by atoms with van der Waals surface area (Å²) < 4.78 is 0. The molecule has 16 heavy (non-hydrogen) atoms. The first-order valence-corrected chi connectivity index (χ1v) is 6.80. The summed E-state index contributed by atoms with van der Waals surface area (Å²) in [6.07, 6.45) is 10.5. The molecule has 0 aromatic heterocycles. The minimum absolute atomic E-state index is 0.0676. The van der Waals surface area contributed by atoms with Gasteiger partial charge in [0.05, 0.1) is 6.04 Å². The van der Waals surface area contributed by atoms with Gasteiger partial charge in [-0.25, -0.2) is 0 Å². The summed E-state index contributed by atoms with van der Waals surface area (Å²) in [6.45, 7) is 0.967. The van der Waals surface area contributed by atoms with Gasteiger partial charge in [-0.3, -0.25) is 4.79 Å². The second kappa shape index (κ2) is 5.67. The van der Waals surface area contributed by atoms with Crippen molar-refractivity contribution in [1.29, 1.82) is 0 Å². The van der Waals surface area contributed by atoms with Gasteiger partial charge in [0.15, 0.2) is 0 Å². The quantitative estimate of drug-likeness (QED) is 0.703. The van der Waals surface area contributed by atoms with E-state index in [0.717, 1.165) is 24.8 Å². The molecule has 3 nitrogen and oxygen atoms in total. The van der Waals surface area contributed by atoms with Crippen LogP contribution in [0.5, 0.6) is 0 Å². The van der Waals surface area contributed by atoms with Gasteiger partial charge in [-0.2, -0.15) is 0 Å². The molecule has 1 aliphatic carbocycles. The van der Waals surface area contributed by atoms with Gasteiger partial charge in [-0.15, -0.1) is 0 Å². The van der Waals surface area contributed by atoms with E-state index in [1.54, 1.807) is 0 Å². The Kier molecular flexibility index (Phi) is 4.22. The molecule has 0 radical (unpaired) electrons. The van der Waals surface area contributed by atoms with Crippen LogP contribution in [0.25, 0.3) is 0 Å². The summed E-state index contributed by atoms with van der Waals surface area (Å²) in [6, 6.07) is -0.0676. The standard InChI is InChI=1S/C13H24N2O/c14-13(16)12-9-11(7-8-15-12)10-5-3-1-2-4-6-10/h10-12,15H,1-9H2,(H2,14,16). The number of hydrogen-bond acceptors (Lipinski definition) is 2. The average Bonchev–Trinajstić information content (AvgIpc) is 2.57. The Morgan fingerprint density at radius 1 is 1.00 bits per heavy atom. The third-order valence-electron chi connectivity index (χ3n) is 4.35. The Bertz CT molecular complexity index is 234. The molecule has 0 spiro atoms. The van der Waals surface area contributed by atoms with Crippen molar-refractivity contribution in [3.05, 3.63) is 0 Å². The molecule has 1 amide bonds. The minimum atomic E-state index is -0.168. The molecule has 1 saturated heterocycles. The highest BCUT2D eigenvalue weighted by atomic mass is 16.1. The Balaban J connectivity index is 1.89. The molecule has 1 aliphatic heterocycles. The minimum Gasteiger partial charge on any atom is -0.368 e. The summed E-state index contributed by atoms with van der Waals surface area (Å²) in [7, 11) is 0. The van der Waals surface area contributed by atoms with Gasteiger partial charge >= 0.3 is 0 Å². The third-order valence-corrected chi connectivity index (χ3v) is 4.35. The number of piperidine rings is 1. The number of rotatable bonds is 2. The van der Waals surface area contributed by atoms with Crippen LogP contribution in [-0.4, -0.2) is 18.5 Å². The summed E-state index contributed by atoms with van der Waals surface area (Å²) in [5, 5.41) is 3.23. The van der Waals surface area contributed by atoms with E-state index in [1.165, 1.54) is 44.9 Å². The third kappa shape index (κ3) is 2.97. The first-order chi connectivity index (χ1) is 7.77. The zero-order valence-electron chi connectivity index (χ0n) is 10.1. The highest BCUT2D eigenvalue weighted by Gasteiger charge is 2.30. The lowest BCUT2D eigenvalue weighted by atomic mass is 9.78. The van der Waals surface area contributed by atoms with E-state index >= 15 is 0 Å². The Labute approximate surface area is 98.2 Å². The maximum absolute atomic E-state index is 11.2. The van der Waals surface area contributed by atoms with Gasteiger partial charge in [0.1, 0.15) is 0 Å². The molecular formula is C13H24N2O. The molecule has 0 aromatic rings. The van der Waals surface area contributed by atoms with Crippen molar-refractivity contribution in [1.82, 2.24) is 5.32 Å². The van der Waals surface area contributed by atoms with Crippen LogP contribution in [0.15, 0.2) is 0 Å². The van der Waals surface area contributed by atoms with Crippen molar-refractivity contribution in [2.45, 2.75) is 57.4 Å². The molecule has 0 bridgehead atoms. The van der Waals surface area contributed by atoms with Crippen LogP contribution in [0.3, 0.4) is 0 Å². The van der Waals surface area contributed by atoms with Crippen molar-refractivity contribution in [3.8, 4) is 0 Å². The molecule has 2 atom stereocenters. The largest absolute Gasteiger partial charge is 0.368 e.